The molecule has 0 saturated heterocycles. The van der Waals surface area contributed by atoms with Gasteiger partial charge in [-0.25, -0.2) is 0 Å². The summed E-state index contributed by atoms with van der Waals surface area (Å²) in [7, 11) is -4.85. The number of hydrogen-bond donors (Lipinski definition) is 2. The van der Waals surface area contributed by atoms with Gasteiger partial charge in [0.1, 0.15) is 0 Å². The fourth-order valence-electron chi connectivity index (χ4n) is 5.76. The van der Waals surface area contributed by atoms with Crippen LogP contribution in [0, 0.1) is 5.92 Å². The average Bonchev–Trinajstić information content (AvgIpc) is 2.95. The van der Waals surface area contributed by atoms with E-state index in [4.69, 9.17) is 4.52 Å². The van der Waals surface area contributed by atoms with Crippen molar-refractivity contribution in [1.82, 2.24) is 0 Å². The Hall–Kier alpha value is -1.25. The number of unbranched alkanes of at least 4 members (excludes halogenated alkanes) is 12. The number of rotatable bonds is 23. The Morgan fingerprint density at radius 1 is 0.575 bits per heavy atom. The Morgan fingerprint density at radius 3 is 1.48 bits per heavy atom. The van der Waals surface area contributed by atoms with Crippen molar-refractivity contribution in [2.45, 2.75) is 143 Å². The van der Waals surface area contributed by atoms with Gasteiger partial charge >= 0.3 is 248 Å². The molecule has 0 unspecified atom stereocenters. The van der Waals surface area contributed by atoms with Crippen molar-refractivity contribution < 1.29 is 14.3 Å². The van der Waals surface area contributed by atoms with Gasteiger partial charge in [0.25, 0.3) is 0 Å². The molecule has 2 aromatic rings. The van der Waals surface area contributed by atoms with E-state index in [0.29, 0.717) is 23.1 Å². The second-order valence-electron chi connectivity index (χ2n) is 12.3. The summed E-state index contributed by atoms with van der Waals surface area (Å²) < 4.78 is 6.44. The van der Waals surface area contributed by atoms with Crippen LogP contribution in [0.3, 0.4) is 0 Å². The van der Waals surface area contributed by atoms with Crippen LogP contribution in [0.4, 0.5) is 0 Å². The van der Waals surface area contributed by atoms with Crippen LogP contribution in [0.25, 0.3) is 0 Å². The Labute approximate surface area is 247 Å². The molecule has 2 rings (SSSR count). The van der Waals surface area contributed by atoms with Gasteiger partial charge in [0.05, 0.1) is 0 Å². The third-order valence-corrected chi connectivity index (χ3v) is 11.5. The molecule has 0 amide bonds. The molecule has 40 heavy (non-hydrogen) atoms. The molecule has 0 saturated carbocycles. The molecule has 0 aliphatic heterocycles. The van der Waals surface area contributed by atoms with Gasteiger partial charge in [-0.05, 0) is 0 Å². The van der Waals surface area contributed by atoms with Crippen LogP contribution in [-0.4, -0.2) is 16.4 Å². The van der Waals surface area contributed by atoms with Crippen molar-refractivity contribution in [2.24, 2.45) is 5.92 Å². The van der Waals surface area contributed by atoms with Crippen LogP contribution in [0.5, 0.6) is 0 Å². The van der Waals surface area contributed by atoms with Gasteiger partial charge < -0.3 is 0 Å². The van der Waals surface area contributed by atoms with Crippen LogP contribution in [0.2, 0.25) is 0 Å². The maximum absolute atomic E-state index is 12.6. The summed E-state index contributed by atoms with van der Waals surface area (Å²) in [5, 5.41) is 1.22. The van der Waals surface area contributed by atoms with E-state index in [1.807, 2.05) is 36.4 Å². The van der Waals surface area contributed by atoms with E-state index >= 15 is 0 Å². The third kappa shape index (κ3) is 11.6. The summed E-state index contributed by atoms with van der Waals surface area (Å²) in [4.78, 5) is 25.3. The van der Waals surface area contributed by atoms with E-state index in [1.165, 1.54) is 70.6 Å². The van der Waals surface area contributed by atoms with Gasteiger partial charge in [0, 0.05) is 0 Å². The van der Waals surface area contributed by atoms with Crippen molar-refractivity contribution in [3.8, 4) is 0 Å². The second-order valence-corrected chi connectivity index (χ2v) is 15.4. The average molecular weight is 573 g/mol. The van der Waals surface area contributed by atoms with Crippen molar-refractivity contribution in [1.29, 1.82) is 0 Å². The predicted octanol–water partition coefficient (Wildman–Crippen LogP) is 9.96. The van der Waals surface area contributed by atoms with Gasteiger partial charge in [-0.2, -0.15) is 0 Å². The molecule has 2 aromatic carbocycles. The first-order valence-corrected chi connectivity index (χ1v) is 18.7. The van der Waals surface area contributed by atoms with Crippen molar-refractivity contribution in [3.63, 3.8) is 0 Å². The summed E-state index contributed by atoms with van der Waals surface area (Å²) in [5.41, 5.74) is 2.05. The molecule has 3 nitrogen and oxygen atoms in total. The summed E-state index contributed by atoms with van der Waals surface area (Å²) in [6, 6.07) is 15.9. The molecule has 0 aromatic heterocycles. The van der Waals surface area contributed by atoms with Crippen LogP contribution in [0.15, 0.2) is 48.5 Å². The van der Waals surface area contributed by atoms with E-state index < -0.39 is 7.28 Å². The molecule has 4 heteroatoms. The maximum atomic E-state index is 12.6. The van der Waals surface area contributed by atoms with E-state index in [9.17, 15) is 9.79 Å². The zero-order chi connectivity index (χ0) is 29.1. The van der Waals surface area contributed by atoms with E-state index in [-0.39, 0.29) is 0 Å². The molecule has 0 aliphatic carbocycles. The minimum atomic E-state index is -4.85. The molecule has 0 fully saturated rings. The number of aryl methyl sites for hydroxylation is 2. The molecule has 0 heterocycles. The quantitative estimate of drug-likeness (QED) is 0.103. The summed E-state index contributed by atoms with van der Waals surface area (Å²) in [5.74, 6) is 0.693. The SMILES string of the molecule is CCCCCCCCc1ccccc1P(O)(O)(OCCCCCC(C)C)c1ccccc1CCCCCCCC. The van der Waals surface area contributed by atoms with Crippen LogP contribution >= 0.6 is 7.28 Å². The van der Waals surface area contributed by atoms with Crippen LogP contribution in [0.1, 0.15) is 142 Å². The fraction of sp³-hybridized carbons (Fsp3) is 0.667. The zero-order valence-electron chi connectivity index (χ0n) is 26.4. The monoisotopic (exact) mass is 572 g/mol. The van der Waals surface area contributed by atoms with Crippen molar-refractivity contribution >= 4 is 17.9 Å². The fourth-order valence-corrected chi connectivity index (χ4v) is 8.89. The standard InChI is InChI=1S/C36H61O3P/c1-5-7-9-11-13-17-25-33-27-19-21-29-35(33)40(37,38,39-31-23-15-16-24-32(3)4)36-30-22-20-28-34(36)26-18-14-12-10-8-6-2/h19-22,27-30,32,37-38H,5-18,23-26,31H2,1-4H3. The van der Waals surface area contributed by atoms with Crippen molar-refractivity contribution in [3.05, 3.63) is 59.7 Å². The Kier molecular flexibility index (Phi) is 16.6. The first-order valence-electron chi connectivity index (χ1n) is 16.7. The Morgan fingerprint density at radius 2 is 1.00 bits per heavy atom. The van der Waals surface area contributed by atoms with Gasteiger partial charge in [-0.3, -0.25) is 0 Å². The first-order chi connectivity index (χ1) is 19.3. The molecule has 0 bridgehead atoms. The second kappa shape index (κ2) is 19.0. The van der Waals surface area contributed by atoms with Crippen LogP contribution < -0.4 is 10.6 Å². The molecule has 2 N–H and O–H groups in total. The summed E-state index contributed by atoms with van der Waals surface area (Å²) in [6.45, 7) is 9.37. The molecule has 228 valence electrons. The first kappa shape index (κ1) is 34.9. The Bertz CT molecular complexity index is 876. The normalized spacial score (nSPS) is 13.0. The number of benzene rings is 2. The Balaban J connectivity index is 2.31. The van der Waals surface area contributed by atoms with Crippen LogP contribution in [-0.2, 0) is 17.4 Å². The van der Waals surface area contributed by atoms with Gasteiger partial charge in [0.15, 0.2) is 0 Å². The summed E-state index contributed by atoms with van der Waals surface area (Å²) >= 11 is 0. The topological polar surface area (TPSA) is 49.7 Å². The van der Waals surface area contributed by atoms with E-state index in [0.717, 1.165) is 56.1 Å². The third-order valence-electron chi connectivity index (χ3n) is 8.21. The van der Waals surface area contributed by atoms with Crippen molar-refractivity contribution in [2.75, 3.05) is 6.61 Å². The van der Waals surface area contributed by atoms with E-state index in [2.05, 4.69) is 39.8 Å². The molecular formula is C36H61O3P. The van der Waals surface area contributed by atoms with Gasteiger partial charge in [0.2, 0.25) is 0 Å². The minimum absolute atomic E-state index is 0.361. The summed E-state index contributed by atoms with van der Waals surface area (Å²) in [6.07, 6.45) is 20.5. The van der Waals surface area contributed by atoms with Gasteiger partial charge in [-0.15, -0.1) is 0 Å². The molecule has 0 aliphatic rings. The van der Waals surface area contributed by atoms with E-state index in [1.54, 1.807) is 0 Å². The molecule has 0 spiro atoms. The molecule has 0 radical (unpaired) electrons. The number of hydrogen-bond acceptors (Lipinski definition) is 3. The predicted molar refractivity (Wildman–Crippen MR) is 177 cm³/mol. The molecular weight excluding hydrogens is 511 g/mol. The molecule has 0 atom stereocenters. The zero-order valence-corrected chi connectivity index (χ0v) is 27.3. The van der Waals surface area contributed by atoms with Gasteiger partial charge in [-0.1, -0.05) is 0 Å².